The Labute approximate surface area is 198 Å². The van der Waals surface area contributed by atoms with E-state index in [1.807, 2.05) is 0 Å². The van der Waals surface area contributed by atoms with E-state index in [0.29, 0.717) is 5.56 Å². The van der Waals surface area contributed by atoms with Crippen LogP contribution in [0.4, 0.5) is 8.78 Å². The van der Waals surface area contributed by atoms with Crippen LogP contribution in [-0.2, 0) is 23.3 Å². The molecular formula is C25H21F2N3O5. The van der Waals surface area contributed by atoms with E-state index in [9.17, 15) is 28.3 Å². The van der Waals surface area contributed by atoms with E-state index in [0.717, 1.165) is 18.3 Å². The van der Waals surface area contributed by atoms with Gasteiger partial charge in [-0.3, -0.25) is 14.4 Å². The number of benzene rings is 2. The average molecular weight is 481 g/mol. The zero-order chi connectivity index (χ0) is 25.1. The maximum Gasteiger partial charge on any atom is 0.276 e. The lowest BCUT2D eigenvalue weighted by Gasteiger charge is -2.35. The van der Waals surface area contributed by atoms with Crippen molar-refractivity contribution in [2.75, 3.05) is 0 Å². The number of amides is 2. The van der Waals surface area contributed by atoms with Gasteiger partial charge in [-0.15, -0.1) is 0 Å². The number of hydrogen-bond donors (Lipinski definition) is 2. The molecule has 2 aliphatic rings. The van der Waals surface area contributed by atoms with Crippen LogP contribution in [0.2, 0.25) is 0 Å². The van der Waals surface area contributed by atoms with E-state index >= 15 is 0 Å². The Balaban J connectivity index is 1.64. The van der Waals surface area contributed by atoms with Gasteiger partial charge in [-0.05, 0) is 24.1 Å². The largest absolute Gasteiger partial charge is 0.503 e. The fourth-order valence-electron chi connectivity index (χ4n) is 5.06. The number of aromatic nitrogens is 1. The molecule has 10 heteroatoms. The first-order valence-corrected chi connectivity index (χ1v) is 10.9. The van der Waals surface area contributed by atoms with Crippen LogP contribution in [0.25, 0.3) is 0 Å². The topological polar surface area (TPSA) is 115 Å². The molecule has 2 amide bonds. The Morgan fingerprint density at radius 2 is 1.91 bits per heavy atom. The second-order valence-electron chi connectivity index (χ2n) is 8.71. The molecule has 2 aliphatic heterocycles. The number of carbonyl (C=O) groups excluding carboxylic acids is 2. The predicted octanol–water partition coefficient (Wildman–Crippen LogP) is 2.27. The summed E-state index contributed by atoms with van der Waals surface area (Å²) in [4.78, 5) is 39.0. The lowest BCUT2D eigenvalue weighted by molar-refractivity contribution is -0.0707. The molecular weight excluding hydrogens is 460 g/mol. The van der Waals surface area contributed by atoms with Gasteiger partial charge < -0.3 is 25.0 Å². The minimum atomic E-state index is -1.23. The van der Waals surface area contributed by atoms with Gasteiger partial charge in [-0.2, -0.15) is 0 Å². The minimum Gasteiger partial charge on any atom is -0.503 e. The monoisotopic (exact) mass is 481 g/mol. The van der Waals surface area contributed by atoms with Crippen molar-refractivity contribution < 1.29 is 28.2 Å². The lowest BCUT2D eigenvalue weighted by atomic mass is 9.81. The molecule has 1 saturated heterocycles. The van der Waals surface area contributed by atoms with Gasteiger partial charge in [0.25, 0.3) is 11.8 Å². The van der Waals surface area contributed by atoms with Crippen molar-refractivity contribution in [1.82, 2.24) is 9.47 Å². The van der Waals surface area contributed by atoms with Crippen molar-refractivity contribution in [2.45, 2.75) is 37.8 Å². The van der Waals surface area contributed by atoms with E-state index in [-0.39, 0.29) is 24.2 Å². The maximum absolute atomic E-state index is 14.7. The Morgan fingerprint density at radius 1 is 1.20 bits per heavy atom. The van der Waals surface area contributed by atoms with Crippen LogP contribution in [0.3, 0.4) is 0 Å². The molecule has 0 aliphatic carbocycles. The molecule has 3 heterocycles. The van der Waals surface area contributed by atoms with Crippen molar-refractivity contribution in [3.63, 3.8) is 0 Å². The molecule has 3 atom stereocenters. The number of pyridine rings is 1. The molecule has 2 aromatic carbocycles. The van der Waals surface area contributed by atoms with Crippen molar-refractivity contribution in [3.05, 3.63) is 99.0 Å². The van der Waals surface area contributed by atoms with Crippen LogP contribution < -0.4 is 11.2 Å². The van der Waals surface area contributed by atoms with Gasteiger partial charge >= 0.3 is 0 Å². The van der Waals surface area contributed by atoms with E-state index in [2.05, 4.69) is 0 Å². The number of ether oxygens (including phenoxy) is 1. The summed E-state index contributed by atoms with van der Waals surface area (Å²) in [5.74, 6) is -4.06. The van der Waals surface area contributed by atoms with E-state index < -0.39 is 58.1 Å². The summed E-state index contributed by atoms with van der Waals surface area (Å²) in [5, 5.41) is 10.5. The van der Waals surface area contributed by atoms with Crippen LogP contribution in [0, 0.1) is 11.6 Å². The second kappa shape index (κ2) is 8.02. The van der Waals surface area contributed by atoms with Crippen molar-refractivity contribution in [1.29, 1.82) is 0 Å². The predicted molar refractivity (Wildman–Crippen MR) is 120 cm³/mol. The van der Waals surface area contributed by atoms with Crippen molar-refractivity contribution in [3.8, 4) is 5.75 Å². The molecule has 0 saturated carbocycles. The van der Waals surface area contributed by atoms with Gasteiger partial charge in [0.15, 0.2) is 17.7 Å². The summed E-state index contributed by atoms with van der Waals surface area (Å²) in [5.41, 5.74) is 3.11. The Bertz CT molecular complexity index is 1420. The molecule has 180 valence electrons. The number of primary amides is 1. The number of aromatic hydroxyl groups is 1. The number of carbonyl (C=O) groups is 2. The maximum atomic E-state index is 14.7. The van der Waals surface area contributed by atoms with Crippen LogP contribution in [-0.4, -0.2) is 38.7 Å². The first kappa shape index (κ1) is 22.7. The molecule has 3 aromatic rings. The fraction of sp³-hybridized carbons (Fsp3) is 0.240. The third-order valence-electron chi connectivity index (χ3n) is 6.79. The van der Waals surface area contributed by atoms with Crippen LogP contribution in [0.1, 0.15) is 38.9 Å². The summed E-state index contributed by atoms with van der Waals surface area (Å²) < 4.78 is 36.0. The number of nitrogens with two attached hydrogens (primary N) is 1. The summed E-state index contributed by atoms with van der Waals surface area (Å²) in [6.07, 6.45) is 0.249. The van der Waals surface area contributed by atoms with Gasteiger partial charge in [0, 0.05) is 18.7 Å². The highest BCUT2D eigenvalue weighted by Gasteiger charge is 2.56. The Morgan fingerprint density at radius 3 is 2.57 bits per heavy atom. The molecule has 1 fully saturated rings. The average Bonchev–Trinajstić information content (AvgIpc) is 3.10. The molecule has 0 spiro atoms. The molecule has 0 bridgehead atoms. The number of rotatable bonds is 4. The molecule has 3 unspecified atom stereocenters. The van der Waals surface area contributed by atoms with Gasteiger partial charge in [0.1, 0.15) is 22.8 Å². The molecule has 35 heavy (non-hydrogen) atoms. The number of halogens is 2. The highest BCUT2D eigenvalue weighted by atomic mass is 19.1. The standard InChI is InChI=1S/C25H21F2N3O5/c1-13-25(15-5-3-2-4-6-15,10-14-7-8-16(26)9-18(14)27)35-19-12-29-11-17(23(28)33)21(31)22(32)20(29)24(34)30(13)19/h2-9,11,13,19,32H,10,12H2,1H3,(H2,28,33). The smallest absolute Gasteiger partial charge is 0.276 e. The third kappa shape index (κ3) is 3.40. The molecule has 1 aromatic heterocycles. The van der Waals surface area contributed by atoms with Crippen molar-refractivity contribution >= 4 is 11.8 Å². The normalized spacial score (nSPS) is 23.2. The first-order valence-electron chi connectivity index (χ1n) is 10.9. The van der Waals surface area contributed by atoms with Gasteiger partial charge in [0.05, 0.1) is 12.6 Å². The molecule has 0 radical (unpaired) electrons. The summed E-state index contributed by atoms with van der Waals surface area (Å²) in [6, 6.07) is 11.6. The Kier molecular flexibility index (Phi) is 5.21. The van der Waals surface area contributed by atoms with Crippen LogP contribution >= 0.6 is 0 Å². The second-order valence-corrected chi connectivity index (χ2v) is 8.71. The summed E-state index contributed by atoms with van der Waals surface area (Å²) in [6.45, 7) is 1.72. The minimum absolute atomic E-state index is 0.0139. The van der Waals surface area contributed by atoms with E-state index in [1.54, 1.807) is 37.3 Å². The summed E-state index contributed by atoms with van der Waals surface area (Å²) in [7, 11) is 0. The molecule has 5 rings (SSSR count). The molecule has 3 N–H and O–H groups in total. The zero-order valence-corrected chi connectivity index (χ0v) is 18.6. The fourth-order valence-corrected chi connectivity index (χ4v) is 5.06. The zero-order valence-electron chi connectivity index (χ0n) is 18.6. The van der Waals surface area contributed by atoms with Crippen LogP contribution in [0.15, 0.2) is 59.5 Å². The number of hydrogen-bond acceptors (Lipinski definition) is 5. The highest BCUT2D eigenvalue weighted by molar-refractivity contribution is 5.99. The third-order valence-corrected chi connectivity index (χ3v) is 6.79. The summed E-state index contributed by atoms with van der Waals surface area (Å²) >= 11 is 0. The van der Waals surface area contributed by atoms with Gasteiger partial charge in [0.2, 0.25) is 5.43 Å². The van der Waals surface area contributed by atoms with Crippen LogP contribution in [0.5, 0.6) is 5.75 Å². The van der Waals surface area contributed by atoms with Gasteiger partial charge in [-0.1, -0.05) is 36.4 Å². The Hall–Kier alpha value is -4.05. The number of nitrogens with zero attached hydrogens (tertiary/aromatic N) is 2. The highest BCUT2D eigenvalue weighted by Crippen LogP contribution is 2.46. The SMILES string of the molecule is CC1N2C(=O)c3c(O)c(=O)c(C(N)=O)cn3CC2OC1(Cc1ccc(F)cc1F)c1ccccc1. The van der Waals surface area contributed by atoms with Crippen molar-refractivity contribution in [2.24, 2.45) is 5.73 Å². The molecule has 8 nitrogen and oxygen atoms in total. The van der Waals surface area contributed by atoms with Gasteiger partial charge in [-0.25, -0.2) is 8.78 Å². The number of fused-ring (bicyclic) bond motifs is 2. The quantitative estimate of drug-likeness (QED) is 0.593. The van der Waals surface area contributed by atoms with E-state index in [4.69, 9.17) is 10.5 Å². The lowest BCUT2D eigenvalue weighted by Crippen LogP contribution is -2.50. The van der Waals surface area contributed by atoms with E-state index in [1.165, 1.54) is 15.5 Å². The first-order chi connectivity index (χ1) is 16.6.